The lowest BCUT2D eigenvalue weighted by atomic mass is 10.1. The van der Waals surface area contributed by atoms with E-state index in [0.717, 1.165) is 16.3 Å². The van der Waals surface area contributed by atoms with Crippen LogP contribution in [0.25, 0.3) is 0 Å². The Balaban J connectivity index is 2.06. The summed E-state index contributed by atoms with van der Waals surface area (Å²) in [5.41, 5.74) is 2.30. The first kappa shape index (κ1) is 13.4. The predicted molar refractivity (Wildman–Crippen MR) is 77.6 cm³/mol. The molecule has 1 heterocycles. The van der Waals surface area contributed by atoms with E-state index in [1.54, 1.807) is 18.4 Å². The maximum Gasteiger partial charge on any atom is 0.124 e. The summed E-state index contributed by atoms with van der Waals surface area (Å²) in [5.74, 6) is 0.826. The predicted octanol–water partition coefficient (Wildman–Crippen LogP) is 4.26. The zero-order chi connectivity index (χ0) is 13.0. The van der Waals surface area contributed by atoms with Crippen LogP contribution in [0.4, 0.5) is 0 Å². The first-order valence-corrected chi connectivity index (χ1v) is 7.11. The van der Waals surface area contributed by atoms with Gasteiger partial charge in [0.25, 0.3) is 0 Å². The molecular weight excluding hydrogens is 266 g/mol. The quantitative estimate of drug-likeness (QED) is 0.884. The van der Waals surface area contributed by atoms with Crippen LogP contribution in [0.5, 0.6) is 5.75 Å². The summed E-state index contributed by atoms with van der Waals surface area (Å²) in [6.45, 7) is 2.84. The number of hydrogen-bond donors (Lipinski definition) is 1. The minimum Gasteiger partial charge on any atom is -0.496 e. The van der Waals surface area contributed by atoms with Gasteiger partial charge in [0, 0.05) is 23.2 Å². The molecule has 1 aromatic heterocycles. The van der Waals surface area contributed by atoms with Crippen molar-refractivity contribution in [1.82, 2.24) is 5.32 Å². The van der Waals surface area contributed by atoms with E-state index in [4.69, 9.17) is 16.3 Å². The summed E-state index contributed by atoms with van der Waals surface area (Å²) in [5, 5.41) is 8.44. The molecule has 96 valence electrons. The highest BCUT2D eigenvalue weighted by molar-refractivity contribution is 7.07. The third kappa shape index (κ3) is 3.05. The highest BCUT2D eigenvalue weighted by atomic mass is 35.5. The van der Waals surface area contributed by atoms with Crippen molar-refractivity contribution < 1.29 is 4.74 Å². The number of hydrogen-bond acceptors (Lipinski definition) is 3. The van der Waals surface area contributed by atoms with Crippen molar-refractivity contribution in [3.63, 3.8) is 0 Å². The molecule has 1 N–H and O–H groups in total. The van der Waals surface area contributed by atoms with Crippen molar-refractivity contribution in [3.8, 4) is 5.75 Å². The molecule has 2 rings (SSSR count). The number of nitrogens with one attached hydrogen (secondary N) is 1. The number of methoxy groups -OCH3 is 1. The standard InChI is InChI=1S/C14H16ClNOS/c1-10(11-6-7-18-9-11)16-8-12-13(15)4-3-5-14(12)17-2/h3-7,9-10,16H,8H2,1-2H3. The van der Waals surface area contributed by atoms with Crippen LogP contribution < -0.4 is 10.1 Å². The highest BCUT2D eigenvalue weighted by Gasteiger charge is 2.10. The van der Waals surface area contributed by atoms with Crippen LogP contribution in [0.2, 0.25) is 5.02 Å². The number of halogens is 1. The van der Waals surface area contributed by atoms with Crippen molar-refractivity contribution >= 4 is 22.9 Å². The van der Waals surface area contributed by atoms with Crippen LogP contribution >= 0.6 is 22.9 Å². The number of thiophene rings is 1. The van der Waals surface area contributed by atoms with Crippen molar-refractivity contribution in [2.45, 2.75) is 19.5 Å². The molecule has 0 radical (unpaired) electrons. The first-order chi connectivity index (χ1) is 8.72. The van der Waals surface area contributed by atoms with E-state index in [0.29, 0.717) is 12.6 Å². The second kappa shape index (κ2) is 6.23. The summed E-state index contributed by atoms with van der Waals surface area (Å²) in [6, 6.07) is 8.14. The van der Waals surface area contributed by atoms with Gasteiger partial charge in [-0.1, -0.05) is 17.7 Å². The van der Waals surface area contributed by atoms with Crippen LogP contribution in [0.1, 0.15) is 24.1 Å². The summed E-state index contributed by atoms with van der Waals surface area (Å²) < 4.78 is 5.33. The Morgan fingerprint density at radius 1 is 1.39 bits per heavy atom. The van der Waals surface area contributed by atoms with Crippen molar-refractivity contribution in [1.29, 1.82) is 0 Å². The van der Waals surface area contributed by atoms with Crippen LogP contribution in [0, 0.1) is 0 Å². The average Bonchev–Trinajstić information content (AvgIpc) is 2.90. The zero-order valence-corrected chi connectivity index (χ0v) is 12.0. The molecule has 18 heavy (non-hydrogen) atoms. The molecule has 0 saturated heterocycles. The minimum atomic E-state index is 0.303. The van der Waals surface area contributed by atoms with E-state index in [1.165, 1.54) is 5.56 Å². The van der Waals surface area contributed by atoms with E-state index in [1.807, 2.05) is 18.2 Å². The SMILES string of the molecule is COc1cccc(Cl)c1CNC(C)c1ccsc1. The van der Waals surface area contributed by atoms with Gasteiger partial charge in [0.15, 0.2) is 0 Å². The Morgan fingerprint density at radius 2 is 2.22 bits per heavy atom. The molecule has 0 saturated carbocycles. The Bertz CT molecular complexity index is 499. The first-order valence-electron chi connectivity index (χ1n) is 5.79. The molecule has 0 aliphatic heterocycles. The van der Waals surface area contributed by atoms with Crippen molar-refractivity contribution in [2.24, 2.45) is 0 Å². The van der Waals surface area contributed by atoms with Crippen LogP contribution in [-0.2, 0) is 6.54 Å². The largest absolute Gasteiger partial charge is 0.496 e. The number of rotatable bonds is 5. The van der Waals surface area contributed by atoms with E-state index in [-0.39, 0.29) is 0 Å². The van der Waals surface area contributed by atoms with Gasteiger partial charge in [0.05, 0.1) is 7.11 Å². The number of benzene rings is 1. The minimum absolute atomic E-state index is 0.303. The summed E-state index contributed by atoms with van der Waals surface area (Å²) in [4.78, 5) is 0. The van der Waals surface area contributed by atoms with Gasteiger partial charge >= 0.3 is 0 Å². The van der Waals surface area contributed by atoms with Gasteiger partial charge in [0.1, 0.15) is 5.75 Å². The molecule has 4 heteroatoms. The molecule has 1 aromatic carbocycles. The Kier molecular flexibility index (Phi) is 4.64. The summed E-state index contributed by atoms with van der Waals surface area (Å²) in [6.07, 6.45) is 0. The van der Waals surface area contributed by atoms with Crippen LogP contribution in [0.15, 0.2) is 35.0 Å². The van der Waals surface area contributed by atoms with Gasteiger partial charge in [-0.2, -0.15) is 11.3 Å². The molecule has 0 amide bonds. The molecule has 0 spiro atoms. The molecule has 0 fully saturated rings. The summed E-state index contributed by atoms with van der Waals surface area (Å²) in [7, 11) is 1.66. The zero-order valence-electron chi connectivity index (χ0n) is 10.4. The third-order valence-corrected chi connectivity index (χ3v) is 3.98. The highest BCUT2D eigenvalue weighted by Crippen LogP contribution is 2.27. The molecule has 2 aromatic rings. The normalized spacial score (nSPS) is 12.4. The van der Waals surface area contributed by atoms with Crippen molar-refractivity contribution in [3.05, 3.63) is 51.2 Å². The molecule has 0 bridgehead atoms. The molecular formula is C14H16ClNOS. The van der Waals surface area contributed by atoms with Crippen LogP contribution in [0.3, 0.4) is 0 Å². The Hall–Kier alpha value is -1.03. The Morgan fingerprint density at radius 3 is 2.89 bits per heavy atom. The third-order valence-electron chi connectivity index (χ3n) is 2.92. The van der Waals surface area contributed by atoms with E-state index >= 15 is 0 Å². The van der Waals surface area contributed by atoms with Gasteiger partial charge < -0.3 is 10.1 Å². The fourth-order valence-corrected chi connectivity index (χ4v) is 2.78. The van der Waals surface area contributed by atoms with Gasteiger partial charge in [0.2, 0.25) is 0 Å². The molecule has 2 nitrogen and oxygen atoms in total. The van der Waals surface area contributed by atoms with Gasteiger partial charge in [-0.15, -0.1) is 0 Å². The van der Waals surface area contributed by atoms with E-state index in [2.05, 4.69) is 29.1 Å². The molecule has 0 aliphatic rings. The lowest BCUT2D eigenvalue weighted by Crippen LogP contribution is -2.18. The van der Waals surface area contributed by atoms with E-state index < -0.39 is 0 Å². The summed E-state index contributed by atoms with van der Waals surface area (Å²) >= 11 is 7.91. The maximum atomic E-state index is 6.20. The molecule has 1 unspecified atom stereocenters. The number of ether oxygens (including phenoxy) is 1. The second-order valence-electron chi connectivity index (χ2n) is 4.08. The fourth-order valence-electron chi connectivity index (χ4n) is 1.80. The molecule has 1 atom stereocenters. The van der Waals surface area contributed by atoms with Gasteiger partial charge in [-0.25, -0.2) is 0 Å². The van der Waals surface area contributed by atoms with Crippen LogP contribution in [-0.4, -0.2) is 7.11 Å². The fraction of sp³-hybridized carbons (Fsp3) is 0.286. The van der Waals surface area contributed by atoms with E-state index in [9.17, 15) is 0 Å². The maximum absolute atomic E-state index is 6.20. The monoisotopic (exact) mass is 281 g/mol. The second-order valence-corrected chi connectivity index (χ2v) is 5.27. The Labute approximate surface area is 117 Å². The van der Waals surface area contributed by atoms with Crippen molar-refractivity contribution in [2.75, 3.05) is 7.11 Å². The lowest BCUT2D eigenvalue weighted by Gasteiger charge is -2.15. The average molecular weight is 282 g/mol. The van der Waals surface area contributed by atoms with Gasteiger partial charge in [-0.05, 0) is 41.4 Å². The lowest BCUT2D eigenvalue weighted by molar-refractivity contribution is 0.406. The van der Waals surface area contributed by atoms with Gasteiger partial charge in [-0.3, -0.25) is 0 Å². The molecule has 0 aliphatic carbocycles. The smallest absolute Gasteiger partial charge is 0.124 e. The topological polar surface area (TPSA) is 21.3 Å².